The van der Waals surface area contributed by atoms with E-state index < -0.39 is 0 Å². The molecule has 1 N–H and O–H groups in total. The topological polar surface area (TPSA) is 41.6 Å². The van der Waals surface area contributed by atoms with Gasteiger partial charge < -0.3 is 15.0 Å². The highest BCUT2D eigenvalue weighted by atomic mass is 16.5. The van der Waals surface area contributed by atoms with Gasteiger partial charge in [-0.2, -0.15) is 0 Å². The molecule has 0 spiro atoms. The molecule has 0 aromatic carbocycles. The van der Waals surface area contributed by atoms with E-state index in [0.717, 1.165) is 45.1 Å². The van der Waals surface area contributed by atoms with Crippen molar-refractivity contribution in [2.24, 2.45) is 5.92 Å². The van der Waals surface area contributed by atoms with Crippen molar-refractivity contribution in [3.05, 3.63) is 0 Å². The normalized spacial score (nSPS) is 15.1. The standard InChI is InChI=1S/C13H26N2O2.C2H6/c1-12(2)4-3-10-17-11-5-13(16)15-8-6-14-7-9-15;1-2/h12,14H,3-11H2,1-2H3;1-2H3. The van der Waals surface area contributed by atoms with Gasteiger partial charge >= 0.3 is 0 Å². The Kier molecular flexibility index (Phi) is 12.0. The van der Waals surface area contributed by atoms with Gasteiger partial charge in [0, 0.05) is 32.8 Å². The van der Waals surface area contributed by atoms with Gasteiger partial charge in [0.15, 0.2) is 0 Å². The third-order valence-electron chi connectivity index (χ3n) is 3.00. The van der Waals surface area contributed by atoms with Crippen molar-refractivity contribution in [1.29, 1.82) is 0 Å². The Balaban J connectivity index is 0.00000154. The first-order chi connectivity index (χ1) is 9.20. The van der Waals surface area contributed by atoms with Crippen LogP contribution >= 0.6 is 0 Å². The van der Waals surface area contributed by atoms with Gasteiger partial charge in [0.05, 0.1) is 13.0 Å². The van der Waals surface area contributed by atoms with E-state index in [4.69, 9.17) is 4.74 Å². The SMILES string of the molecule is CC.CC(C)CCCOCCC(=O)N1CCNCC1. The highest BCUT2D eigenvalue weighted by Crippen LogP contribution is 2.03. The number of nitrogens with one attached hydrogen (secondary N) is 1. The zero-order chi connectivity index (χ0) is 14.5. The van der Waals surface area contributed by atoms with Crippen LogP contribution in [0.4, 0.5) is 0 Å². The van der Waals surface area contributed by atoms with Gasteiger partial charge in [-0.25, -0.2) is 0 Å². The fraction of sp³-hybridized carbons (Fsp3) is 0.933. The van der Waals surface area contributed by atoms with Crippen molar-refractivity contribution in [2.75, 3.05) is 39.4 Å². The van der Waals surface area contributed by atoms with Crippen LogP contribution < -0.4 is 5.32 Å². The molecule has 0 aromatic heterocycles. The van der Waals surface area contributed by atoms with E-state index in [1.807, 2.05) is 18.7 Å². The third-order valence-corrected chi connectivity index (χ3v) is 3.00. The quantitative estimate of drug-likeness (QED) is 0.723. The van der Waals surface area contributed by atoms with E-state index in [0.29, 0.717) is 13.0 Å². The molecule has 19 heavy (non-hydrogen) atoms. The van der Waals surface area contributed by atoms with Gasteiger partial charge in [0.1, 0.15) is 0 Å². The second-order valence-corrected chi connectivity index (χ2v) is 5.03. The molecule has 1 amide bonds. The predicted molar refractivity (Wildman–Crippen MR) is 80.3 cm³/mol. The van der Waals surface area contributed by atoms with Gasteiger partial charge in [0.2, 0.25) is 5.91 Å². The van der Waals surface area contributed by atoms with Crippen molar-refractivity contribution in [3.63, 3.8) is 0 Å². The van der Waals surface area contributed by atoms with Crippen molar-refractivity contribution in [2.45, 2.75) is 47.0 Å². The van der Waals surface area contributed by atoms with E-state index in [9.17, 15) is 4.79 Å². The first-order valence-corrected chi connectivity index (χ1v) is 7.76. The lowest BCUT2D eigenvalue weighted by atomic mass is 10.1. The molecule has 1 rings (SSSR count). The zero-order valence-corrected chi connectivity index (χ0v) is 13.2. The lowest BCUT2D eigenvalue weighted by molar-refractivity contribution is -0.132. The monoisotopic (exact) mass is 272 g/mol. The van der Waals surface area contributed by atoms with Crippen LogP contribution in [0.25, 0.3) is 0 Å². The van der Waals surface area contributed by atoms with E-state index in [1.165, 1.54) is 6.42 Å². The Labute approximate surface area is 118 Å². The fourth-order valence-corrected chi connectivity index (χ4v) is 1.93. The molecule has 0 aromatic rings. The molecule has 1 saturated heterocycles. The summed E-state index contributed by atoms with van der Waals surface area (Å²) in [5.41, 5.74) is 0. The van der Waals surface area contributed by atoms with Gasteiger partial charge in [-0.3, -0.25) is 4.79 Å². The molecule has 0 radical (unpaired) electrons. The molecule has 1 aliphatic rings. The molecule has 0 bridgehead atoms. The van der Waals surface area contributed by atoms with E-state index >= 15 is 0 Å². The summed E-state index contributed by atoms with van der Waals surface area (Å²) in [5.74, 6) is 0.969. The van der Waals surface area contributed by atoms with Crippen LogP contribution in [-0.4, -0.2) is 50.2 Å². The first kappa shape index (κ1) is 18.4. The molecule has 4 heteroatoms. The molecule has 114 valence electrons. The first-order valence-electron chi connectivity index (χ1n) is 7.76. The van der Waals surface area contributed by atoms with Crippen molar-refractivity contribution in [3.8, 4) is 0 Å². The summed E-state index contributed by atoms with van der Waals surface area (Å²) in [4.78, 5) is 13.7. The molecular weight excluding hydrogens is 240 g/mol. The van der Waals surface area contributed by atoms with Crippen LogP contribution in [0.2, 0.25) is 0 Å². The van der Waals surface area contributed by atoms with Gasteiger partial charge in [0.25, 0.3) is 0 Å². The van der Waals surface area contributed by atoms with E-state index in [-0.39, 0.29) is 5.91 Å². The Morgan fingerprint density at radius 3 is 2.42 bits per heavy atom. The summed E-state index contributed by atoms with van der Waals surface area (Å²) >= 11 is 0. The maximum Gasteiger partial charge on any atom is 0.224 e. The molecule has 0 saturated carbocycles. The number of nitrogens with zero attached hydrogens (tertiary/aromatic N) is 1. The largest absolute Gasteiger partial charge is 0.381 e. The Bertz CT molecular complexity index is 214. The van der Waals surface area contributed by atoms with Gasteiger partial charge in [-0.15, -0.1) is 0 Å². The maximum atomic E-state index is 11.8. The van der Waals surface area contributed by atoms with E-state index in [2.05, 4.69) is 19.2 Å². The van der Waals surface area contributed by atoms with Crippen LogP contribution in [0.1, 0.15) is 47.0 Å². The van der Waals surface area contributed by atoms with E-state index in [1.54, 1.807) is 0 Å². The number of amides is 1. The average molecular weight is 272 g/mol. The molecule has 0 atom stereocenters. The summed E-state index contributed by atoms with van der Waals surface area (Å²) in [6.45, 7) is 13.3. The summed E-state index contributed by atoms with van der Waals surface area (Å²) in [5, 5.41) is 3.24. The lowest BCUT2D eigenvalue weighted by Crippen LogP contribution is -2.46. The number of hydrogen-bond donors (Lipinski definition) is 1. The molecule has 4 nitrogen and oxygen atoms in total. The average Bonchev–Trinajstić information content (AvgIpc) is 2.45. The van der Waals surface area contributed by atoms with Crippen LogP contribution in [0.15, 0.2) is 0 Å². The number of hydrogen-bond acceptors (Lipinski definition) is 3. The number of carbonyl (C=O) groups is 1. The predicted octanol–water partition coefficient (Wildman–Crippen LogP) is 2.29. The second-order valence-electron chi connectivity index (χ2n) is 5.03. The summed E-state index contributed by atoms with van der Waals surface area (Å²) < 4.78 is 5.48. The number of carbonyl (C=O) groups excluding carboxylic acids is 1. The molecule has 0 aliphatic carbocycles. The van der Waals surface area contributed by atoms with Gasteiger partial charge in [-0.05, 0) is 18.8 Å². The minimum atomic E-state index is 0.232. The van der Waals surface area contributed by atoms with Crippen molar-refractivity contribution >= 4 is 5.91 Å². The molecule has 1 fully saturated rings. The summed E-state index contributed by atoms with van der Waals surface area (Å²) in [7, 11) is 0. The Hall–Kier alpha value is -0.610. The Morgan fingerprint density at radius 2 is 1.84 bits per heavy atom. The fourth-order valence-electron chi connectivity index (χ4n) is 1.93. The second kappa shape index (κ2) is 12.4. The number of piperazine rings is 1. The van der Waals surface area contributed by atoms with Crippen molar-refractivity contribution < 1.29 is 9.53 Å². The van der Waals surface area contributed by atoms with Crippen LogP contribution in [0.3, 0.4) is 0 Å². The summed E-state index contributed by atoms with van der Waals surface area (Å²) in [6, 6.07) is 0. The minimum Gasteiger partial charge on any atom is -0.381 e. The molecule has 1 heterocycles. The summed E-state index contributed by atoms with van der Waals surface area (Å²) in [6.07, 6.45) is 2.83. The maximum absolute atomic E-state index is 11.8. The Morgan fingerprint density at radius 1 is 1.21 bits per heavy atom. The molecule has 1 aliphatic heterocycles. The highest BCUT2D eigenvalue weighted by Gasteiger charge is 2.15. The molecule has 0 unspecified atom stereocenters. The van der Waals surface area contributed by atoms with Crippen LogP contribution in [-0.2, 0) is 9.53 Å². The minimum absolute atomic E-state index is 0.232. The van der Waals surface area contributed by atoms with Gasteiger partial charge in [-0.1, -0.05) is 27.7 Å². The zero-order valence-electron chi connectivity index (χ0n) is 13.2. The van der Waals surface area contributed by atoms with Crippen LogP contribution in [0.5, 0.6) is 0 Å². The highest BCUT2D eigenvalue weighted by molar-refractivity contribution is 5.76. The number of ether oxygens (including phenoxy) is 1. The number of rotatable bonds is 7. The smallest absolute Gasteiger partial charge is 0.224 e. The third kappa shape index (κ3) is 9.91. The van der Waals surface area contributed by atoms with Crippen molar-refractivity contribution in [1.82, 2.24) is 10.2 Å². The lowest BCUT2D eigenvalue weighted by Gasteiger charge is -2.27. The van der Waals surface area contributed by atoms with Crippen LogP contribution in [0, 0.1) is 5.92 Å². The molecular formula is C15H32N2O2.